The van der Waals surface area contributed by atoms with Gasteiger partial charge in [-0.25, -0.2) is 0 Å². The fraction of sp³-hybridized carbons (Fsp3) is 0.467. The molecule has 0 unspecified atom stereocenters. The zero-order chi connectivity index (χ0) is 15.0. The van der Waals surface area contributed by atoms with Crippen molar-refractivity contribution in [2.45, 2.75) is 19.3 Å². The third-order valence-electron chi connectivity index (χ3n) is 2.92. The topological polar surface area (TPSA) is 61.4 Å². The van der Waals surface area contributed by atoms with Crippen LogP contribution >= 0.6 is 0 Å². The average Bonchev–Trinajstić information content (AvgIpc) is 2.41. The van der Waals surface area contributed by atoms with Gasteiger partial charge >= 0.3 is 0 Å². The molecule has 1 aromatic carbocycles. The summed E-state index contributed by atoms with van der Waals surface area (Å²) in [6, 6.07) is 7.39. The van der Waals surface area contributed by atoms with E-state index in [1.54, 1.807) is 19.0 Å². The lowest BCUT2D eigenvalue weighted by atomic mass is 10.1. The quantitative estimate of drug-likeness (QED) is 0.738. The number of hydrogen-bond acceptors (Lipinski definition) is 3. The van der Waals surface area contributed by atoms with Crippen LogP contribution in [0.25, 0.3) is 0 Å². The molecule has 0 aliphatic carbocycles. The van der Waals surface area contributed by atoms with Gasteiger partial charge in [0.25, 0.3) is 0 Å². The van der Waals surface area contributed by atoms with E-state index in [1.807, 2.05) is 31.3 Å². The van der Waals surface area contributed by atoms with E-state index in [2.05, 4.69) is 10.6 Å². The summed E-state index contributed by atoms with van der Waals surface area (Å²) in [6.45, 7) is 0.832. The van der Waals surface area contributed by atoms with Crippen LogP contribution in [0.3, 0.4) is 0 Å². The molecule has 1 aromatic rings. The Morgan fingerprint density at radius 3 is 2.35 bits per heavy atom. The molecular weight excluding hydrogens is 254 g/mol. The maximum atomic E-state index is 11.6. The van der Waals surface area contributed by atoms with Gasteiger partial charge in [0.2, 0.25) is 11.8 Å². The Balaban J connectivity index is 2.46. The van der Waals surface area contributed by atoms with Crippen LogP contribution in [-0.2, 0) is 16.0 Å². The van der Waals surface area contributed by atoms with E-state index in [1.165, 1.54) is 0 Å². The Hall–Kier alpha value is -1.88. The van der Waals surface area contributed by atoms with E-state index in [4.69, 9.17) is 0 Å². The van der Waals surface area contributed by atoms with Gasteiger partial charge in [-0.1, -0.05) is 12.1 Å². The minimum absolute atomic E-state index is 0.0115. The van der Waals surface area contributed by atoms with Crippen molar-refractivity contribution in [1.29, 1.82) is 0 Å². The molecule has 0 heterocycles. The van der Waals surface area contributed by atoms with Crippen molar-refractivity contribution in [2.24, 2.45) is 0 Å². The number of hydrogen-bond donors (Lipinski definition) is 2. The van der Waals surface area contributed by atoms with Crippen molar-refractivity contribution in [3.63, 3.8) is 0 Å². The lowest BCUT2D eigenvalue weighted by Crippen LogP contribution is -2.23. The summed E-state index contributed by atoms with van der Waals surface area (Å²) in [5.74, 6) is 0.0752. The number of likely N-dealkylation sites (N-methyl/N-ethyl adjacent to an activating group) is 1. The van der Waals surface area contributed by atoms with E-state index in [-0.39, 0.29) is 11.8 Å². The standard InChI is InChI=1S/C15H23N3O2/c1-16-10-4-5-14(19)17-13-8-6-12(7-9-13)11-15(20)18(2)3/h6-9,16H,4-5,10-11H2,1-3H3,(H,17,19). The summed E-state index contributed by atoms with van der Waals surface area (Å²) in [6.07, 6.45) is 1.70. The molecule has 0 aliphatic heterocycles. The van der Waals surface area contributed by atoms with E-state index in [0.29, 0.717) is 12.8 Å². The van der Waals surface area contributed by atoms with Gasteiger partial charge in [-0.3, -0.25) is 9.59 Å². The second kappa shape index (κ2) is 8.32. The SMILES string of the molecule is CNCCCC(=O)Nc1ccc(CC(=O)N(C)C)cc1. The highest BCUT2D eigenvalue weighted by Crippen LogP contribution is 2.11. The molecule has 110 valence electrons. The number of nitrogens with one attached hydrogen (secondary N) is 2. The van der Waals surface area contributed by atoms with Crippen LogP contribution in [0.15, 0.2) is 24.3 Å². The molecule has 2 N–H and O–H groups in total. The fourth-order valence-corrected chi connectivity index (χ4v) is 1.69. The van der Waals surface area contributed by atoms with E-state index in [9.17, 15) is 9.59 Å². The van der Waals surface area contributed by atoms with Crippen LogP contribution in [0, 0.1) is 0 Å². The van der Waals surface area contributed by atoms with Crippen LogP contribution in [-0.4, -0.2) is 44.4 Å². The van der Waals surface area contributed by atoms with Gasteiger partial charge in [0.05, 0.1) is 6.42 Å². The summed E-state index contributed by atoms with van der Waals surface area (Å²) in [4.78, 5) is 24.8. The molecule has 0 aromatic heterocycles. The van der Waals surface area contributed by atoms with E-state index in [0.717, 1.165) is 24.2 Å². The monoisotopic (exact) mass is 277 g/mol. The summed E-state index contributed by atoms with van der Waals surface area (Å²) in [5.41, 5.74) is 1.71. The molecule has 0 aliphatic rings. The maximum absolute atomic E-state index is 11.6. The molecule has 1 rings (SSSR count). The zero-order valence-electron chi connectivity index (χ0n) is 12.4. The number of carbonyl (C=O) groups is 2. The smallest absolute Gasteiger partial charge is 0.226 e. The van der Waals surface area contributed by atoms with E-state index < -0.39 is 0 Å². The molecule has 0 radical (unpaired) electrons. The number of amides is 2. The maximum Gasteiger partial charge on any atom is 0.226 e. The molecule has 0 atom stereocenters. The molecule has 0 spiro atoms. The van der Waals surface area contributed by atoms with Crippen LogP contribution in [0.2, 0.25) is 0 Å². The first kappa shape index (κ1) is 16.2. The van der Waals surface area contributed by atoms with Crippen molar-refractivity contribution in [2.75, 3.05) is 33.0 Å². The first-order chi connectivity index (χ1) is 9.52. The Kier molecular flexibility index (Phi) is 6.73. The van der Waals surface area contributed by atoms with Gasteiger partial charge in [-0.05, 0) is 37.7 Å². The molecule has 0 bridgehead atoms. The van der Waals surface area contributed by atoms with Crippen molar-refractivity contribution in [3.8, 4) is 0 Å². The molecular formula is C15H23N3O2. The second-order valence-electron chi connectivity index (χ2n) is 4.92. The number of nitrogens with zero attached hydrogens (tertiary/aromatic N) is 1. The van der Waals surface area contributed by atoms with Crippen LogP contribution < -0.4 is 10.6 Å². The van der Waals surface area contributed by atoms with E-state index >= 15 is 0 Å². The largest absolute Gasteiger partial charge is 0.349 e. The Labute approximate surface area is 120 Å². The zero-order valence-corrected chi connectivity index (χ0v) is 12.4. The van der Waals surface area contributed by atoms with Crippen molar-refractivity contribution in [3.05, 3.63) is 29.8 Å². The lowest BCUT2D eigenvalue weighted by Gasteiger charge is -2.10. The predicted octanol–water partition coefficient (Wildman–Crippen LogP) is 1.26. The first-order valence-electron chi connectivity index (χ1n) is 6.76. The molecule has 5 nitrogen and oxygen atoms in total. The molecule has 0 fully saturated rings. The van der Waals surface area contributed by atoms with Crippen LogP contribution in [0.5, 0.6) is 0 Å². The fourth-order valence-electron chi connectivity index (χ4n) is 1.69. The molecule has 5 heteroatoms. The molecule has 0 saturated heterocycles. The molecule has 0 saturated carbocycles. The highest BCUT2D eigenvalue weighted by atomic mass is 16.2. The lowest BCUT2D eigenvalue weighted by molar-refractivity contribution is -0.128. The number of anilines is 1. The number of carbonyl (C=O) groups excluding carboxylic acids is 2. The summed E-state index contributed by atoms with van der Waals surface area (Å²) in [7, 11) is 5.34. The average molecular weight is 277 g/mol. The molecule has 2 amide bonds. The van der Waals surface area contributed by atoms with Crippen molar-refractivity contribution in [1.82, 2.24) is 10.2 Å². The Morgan fingerprint density at radius 2 is 1.80 bits per heavy atom. The normalized spacial score (nSPS) is 10.2. The minimum Gasteiger partial charge on any atom is -0.349 e. The molecule has 20 heavy (non-hydrogen) atoms. The summed E-state index contributed by atoms with van der Waals surface area (Å²) < 4.78 is 0. The number of rotatable bonds is 7. The predicted molar refractivity (Wildman–Crippen MR) is 80.6 cm³/mol. The van der Waals surface area contributed by atoms with Gasteiger partial charge in [0, 0.05) is 26.2 Å². The Bertz CT molecular complexity index is 441. The summed E-state index contributed by atoms with van der Waals surface area (Å²) >= 11 is 0. The summed E-state index contributed by atoms with van der Waals surface area (Å²) in [5, 5.41) is 5.85. The van der Waals surface area contributed by atoms with Gasteiger partial charge in [-0.15, -0.1) is 0 Å². The van der Waals surface area contributed by atoms with Gasteiger partial charge in [0.15, 0.2) is 0 Å². The van der Waals surface area contributed by atoms with Crippen molar-refractivity contribution >= 4 is 17.5 Å². The number of benzene rings is 1. The van der Waals surface area contributed by atoms with Gasteiger partial charge in [0.1, 0.15) is 0 Å². The second-order valence-corrected chi connectivity index (χ2v) is 4.92. The van der Waals surface area contributed by atoms with Gasteiger partial charge in [-0.2, -0.15) is 0 Å². The first-order valence-corrected chi connectivity index (χ1v) is 6.76. The highest BCUT2D eigenvalue weighted by molar-refractivity contribution is 5.90. The third-order valence-corrected chi connectivity index (χ3v) is 2.92. The van der Waals surface area contributed by atoms with Gasteiger partial charge < -0.3 is 15.5 Å². The van der Waals surface area contributed by atoms with Crippen molar-refractivity contribution < 1.29 is 9.59 Å². The third kappa shape index (κ3) is 5.84. The Morgan fingerprint density at radius 1 is 1.15 bits per heavy atom. The van der Waals surface area contributed by atoms with Crippen LogP contribution in [0.1, 0.15) is 18.4 Å². The minimum atomic E-state index is 0.0115. The highest BCUT2D eigenvalue weighted by Gasteiger charge is 2.06. The van der Waals surface area contributed by atoms with Crippen LogP contribution in [0.4, 0.5) is 5.69 Å².